The van der Waals surface area contributed by atoms with Gasteiger partial charge in [-0.15, -0.1) is 0 Å². The van der Waals surface area contributed by atoms with Crippen LogP contribution in [0.15, 0.2) is 52.9 Å². The molecule has 0 aliphatic carbocycles. The summed E-state index contributed by atoms with van der Waals surface area (Å²) in [6, 6.07) is 16.4. The summed E-state index contributed by atoms with van der Waals surface area (Å²) >= 11 is 0. The number of anilines is 2. The molecule has 3 rings (SSSR count). The van der Waals surface area contributed by atoms with Gasteiger partial charge in [-0.05, 0) is 41.3 Å². The van der Waals surface area contributed by atoms with Crippen LogP contribution in [0, 0.1) is 12.3 Å². The predicted octanol–water partition coefficient (Wildman–Crippen LogP) is 4.69. The molecule has 0 unspecified atom stereocenters. The second-order valence-electron chi connectivity index (χ2n) is 7.51. The molecule has 0 radical (unpaired) electrons. The van der Waals surface area contributed by atoms with Crippen molar-refractivity contribution < 1.29 is 18.7 Å². The molecule has 2 N–H and O–H groups in total. The maximum atomic E-state index is 12.6. The summed E-state index contributed by atoms with van der Waals surface area (Å²) in [5.74, 6) is -0.190. The number of carbonyl (C=O) groups is 2. The summed E-state index contributed by atoms with van der Waals surface area (Å²) in [5.41, 5.74) is 2.72. The zero-order valence-corrected chi connectivity index (χ0v) is 16.8. The molecule has 6 heteroatoms. The Labute approximate surface area is 169 Å². The van der Waals surface area contributed by atoms with Crippen LogP contribution in [0.5, 0.6) is 5.75 Å². The van der Waals surface area contributed by atoms with Crippen LogP contribution in [-0.4, -0.2) is 18.9 Å². The molecule has 1 aromatic heterocycles. The van der Waals surface area contributed by atoms with Crippen LogP contribution in [0.4, 0.5) is 11.4 Å². The molecule has 148 valence electrons. The Morgan fingerprint density at radius 1 is 1.00 bits per heavy atom. The lowest BCUT2D eigenvalue weighted by atomic mass is 9.87. The van der Waals surface area contributed by atoms with E-state index in [9.17, 15) is 9.59 Å². The van der Waals surface area contributed by atoms with E-state index in [2.05, 4.69) is 43.7 Å². The Kier molecular flexibility index (Phi) is 5.60. The van der Waals surface area contributed by atoms with E-state index in [1.54, 1.807) is 30.3 Å². The Hall–Kier alpha value is -3.72. The molecular formula is C23H22N2O4. The van der Waals surface area contributed by atoms with Gasteiger partial charge in [-0.1, -0.05) is 32.9 Å². The average Bonchev–Trinajstić information content (AvgIpc) is 3.23. The standard InChI is InChI=1S/C23H22N2O4/c1-23(2,3)16-9-7-15(8-10-16)21(26)24-17-11-12-18(20(14-17)28-4)25-22(27)19-6-5-13-29-19/h6-12,14H,1-4H3,(H,24,26)(H,25,27). The van der Waals surface area contributed by atoms with E-state index in [4.69, 9.17) is 9.15 Å². The Morgan fingerprint density at radius 2 is 1.72 bits per heavy atom. The first kappa shape index (κ1) is 20.0. The van der Waals surface area contributed by atoms with Crippen LogP contribution in [-0.2, 0) is 5.41 Å². The fraction of sp³-hybridized carbons (Fsp3) is 0.217. The van der Waals surface area contributed by atoms with Crippen molar-refractivity contribution in [3.05, 3.63) is 77.7 Å². The van der Waals surface area contributed by atoms with E-state index >= 15 is 0 Å². The summed E-state index contributed by atoms with van der Waals surface area (Å²) in [4.78, 5) is 24.7. The van der Waals surface area contributed by atoms with Crippen molar-refractivity contribution in [3.63, 3.8) is 0 Å². The zero-order valence-electron chi connectivity index (χ0n) is 16.8. The van der Waals surface area contributed by atoms with Crippen LogP contribution in [0.3, 0.4) is 0 Å². The van der Waals surface area contributed by atoms with Gasteiger partial charge in [-0.25, -0.2) is 0 Å². The van der Waals surface area contributed by atoms with E-state index in [-0.39, 0.29) is 17.1 Å². The van der Waals surface area contributed by atoms with Gasteiger partial charge in [0.2, 0.25) is 5.76 Å². The highest BCUT2D eigenvalue weighted by Crippen LogP contribution is 2.29. The highest BCUT2D eigenvalue weighted by molar-refractivity contribution is 6.05. The summed E-state index contributed by atoms with van der Waals surface area (Å²) in [6.07, 6.45) is 2.34. The monoisotopic (exact) mass is 390 g/mol. The van der Waals surface area contributed by atoms with Gasteiger partial charge in [0.15, 0.2) is 0 Å². The normalized spacial score (nSPS) is 10.8. The number of benzene rings is 2. The van der Waals surface area contributed by atoms with Gasteiger partial charge >= 0.3 is 0 Å². The third kappa shape index (κ3) is 4.77. The van der Waals surface area contributed by atoms with Gasteiger partial charge in [0.05, 0.1) is 12.8 Å². The SMILES string of the molecule is COc1cc(NC(=O)c2ccc(C(C)(C)C)cc2)ccc1NC(=O)c1cc#co1. The molecular weight excluding hydrogens is 368 g/mol. The molecule has 0 fully saturated rings. The minimum absolute atomic E-state index is 0.0222. The van der Waals surface area contributed by atoms with Crippen LogP contribution in [0.1, 0.15) is 47.2 Å². The number of nitrogens with one attached hydrogen (secondary N) is 2. The molecule has 0 saturated carbocycles. The Balaban J connectivity index is 1.72. The highest BCUT2D eigenvalue weighted by atomic mass is 16.5. The highest BCUT2D eigenvalue weighted by Gasteiger charge is 2.16. The van der Waals surface area contributed by atoms with Crippen LogP contribution in [0.2, 0.25) is 0 Å². The second-order valence-corrected chi connectivity index (χ2v) is 7.51. The predicted molar refractivity (Wildman–Crippen MR) is 110 cm³/mol. The zero-order chi connectivity index (χ0) is 21.0. The van der Waals surface area contributed by atoms with E-state index in [0.29, 0.717) is 22.7 Å². The molecule has 0 aliphatic heterocycles. The average molecular weight is 390 g/mol. The van der Waals surface area contributed by atoms with Gasteiger partial charge in [-0.3, -0.25) is 9.59 Å². The van der Waals surface area contributed by atoms with Crippen molar-refractivity contribution in [2.24, 2.45) is 0 Å². The maximum absolute atomic E-state index is 12.6. The number of ether oxygens (including phenoxy) is 1. The fourth-order valence-electron chi connectivity index (χ4n) is 2.70. The van der Waals surface area contributed by atoms with E-state index in [0.717, 1.165) is 5.56 Å². The molecule has 2 amide bonds. The van der Waals surface area contributed by atoms with Crippen LogP contribution in [0.25, 0.3) is 0 Å². The number of rotatable bonds is 5. The topological polar surface area (TPSA) is 80.6 Å². The van der Waals surface area contributed by atoms with E-state index in [1.807, 2.05) is 12.1 Å². The minimum Gasteiger partial charge on any atom is -0.494 e. The summed E-state index contributed by atoms with van der Waals surface area (Å²) in [5, 5.41) is 5.53. The summed E-state index contributed by atoms with van der Waals surface area (Å²) < 4.78 is 10.2. The smallest absolute Gasteiger partial charge is 0.293 e. The molecule has 0 atom stereocenters. The molecule has 0 spiro atoms. The van der Waals surface area contributed by atoms with Gasteiger partial charge in [0, 0.05) is 23.4 Å². The number of hydrogen-bond acceptors (Lipinski definition) is 4. The van der Waals surface area contributed by atoms with E-state index < -0.39 is 5.91 Å². The molecule has 29 heavy (non-hydrogen) atoms. The molecule has 3 aromatic rings. The van der Waals surface area contributed by atoms with E-state index in [1.165, 1.54) is 13.2 Å². The van der Waals surface area contributed by atoms with Crippen LogP contribution >= 0.6 is 0 Å². The van der Waals surface area contributed by atoms with Crippen molar-refractivity contribution in [2.45, 2.75) is 26.2 Å². The number of hydrogen-bond donors (Lipinski definition) is 2. The number of amides is 2. The number of methoxy groups -OCH3 is 1. The maximum Gasteiger partial charge on any atom is 0.293 e. The molecule has 0 bridgehead atoms. The lowest BCUT2D eigenvalue weighted by Gasteiger charge is -2.19. The lowest BCUT2D eigenvalue weighted by molar-refractivity contribution is 0.0993. The first-order valence-electron chi connectivity index (χ1n) is 9.07. The first-order chi connectivity index (χ1) is 13.8. The van der Waals surface area contributed by atoms with Gasteiger partial charge in [-0.2, -0.15) is 0 Å². The first-order valence-corrected chi connectivity index (χ1v) is 9.07. The quantitative estimate of drug-likeness (QED) is 0.662. The molecule has 6 nitrogen and oxygen atoms in total. The molecule has 2 aromatic carbocycles. The van der Waals surface area contributed by atoms with Crippen molar-refractivity contribution >= 4 is 23.2 Å². The summed E-state index contributed by atoms with van der Waals surface area (Å²) in [6.45, 7) is 6.37. The largest absolute Gasteiger partial charge is 0.494 e. The molecule has 1 heterocycles. The Bertz CT molecular complexity index is 1000. The third-order valence-electron chi connectivity index (χ3n) is 4.37. The molecule has 0 aliphatic rings. The van der Waals surface area contributed by atoms with Gasteiger partial charge in [0.1, 0.15) is 12.0 Å². The Morgan fingerprint density at radius 3 is 2.31 bits per heavy atom. The van der Waals surface area contributed by atoms with Crippen molar-refractivity contribution in [1.82, 2.24) is 0 Å². The number of carbonyl (C=O) groups excluding carboxylic acids is 2. The summed E-state index contributed by atoms with van der Waals surface area (Å²) in [7, 11) is 1.48. The van der Waals surface area contributed by atoms with Crippen molar-refractivity contribution in [2.75, 3.05) is 17.7 Å². The van der Waals surface area contributed by atoms with Gasteiger partial charge in [0.25, 0.3) is 11.8 Å². The second kappa shape index (κ2) is 8.11. The fourth-order valence-corrected chi connectivity index (χ4v) is 2.70. The van der Waals surface area contributed by atoms with Gasteiger partial charge < -0.3 is 19.8 Å². The lowest BCUT2D eigenvalue weighted by Crippen LogP contribution is -2.15. The third-order valence-corrected chi connectivity index (χ3v) is 4.37. The van der Waals surface area contributed by atoms with Crippen molar-refractivity contribution in [3.8, 4) is 5.75 Å². The molecule has 0 saturated heterocycles. The minimum atomic E-state index is -0.448. The van der Waals surface area contributed by atoms with Crippen molar-refractivity contribution in [1.29, 1.82) is 0 Å². The van der Waals surface area contributed by atoms with Crippen LogP contribution < -0.4 is 15.4 Å².